The molecule has 3 nitrogen and oxygen atoms in total. The van der Waals surface area contributed by atoms with Crippen LogP contribution in [0.15, 0.2) is 30.3 Å². The highest BCUT2D eigenvalue weighted by Gasteiger charge is 2.68. The number of carbonyl (C=O) groups excluding carboxylic acids is 1. The number of rotatable bonds is 2. The van der Waals surface area contributed by atoms with E-state index in [2.05, 4.69) is 49.5 Å². The number of ether oxygens (including phenoxy) is 1. The van der Waals surface area contributed by atoms with Crippen LogP contribution in [0.1, 0.15) is 51.7 Å². The second-order valence-electron chi connectivity index (χ2n) is 8.38. The number of hydrogen-bond acceptors (Lipinski definition) is 2. The number of nitrogens with one attached hydrogen (secondary N) is 1. The Morgan fingerprint density at radius 1 is 1.26 bits per heavy atom. The second-order valence-corrected chi connectivity index (χ2v) is 8.38. The molecule has 1 N–H and O–H groups in total. The molecule has 3 aliphatic rings. The topological polar surface area (TPSA) is 38.3 Å². The molecule has 1 saturated heterocycles. The van der Waals surface area contributed by atoms with Crippen LogP contribution in [0, 0.1) is 22.7 Å². The third-order valence-corrected chi connectivity index (χ3v) is 6.98. The normalized spacial score (nSPS) is 40.7. The fraction of sp³-hybridized carbons (Fsp3) is 0.650. The zero-order valence-electron chi connectivity index (χ0n) is 14.3. The lowest BCUT2D eigenvalue weighted by atomic mass is 9.59. The van der Waals surface area contributed by atoms with E-state index in [0.717, 1.165) is 13.0 Å². The molecular weight excluding hydrogens is 286 g/mol. The van der Waals surface area contributed by atoms with Gasteiger partial charge in [-0.2, -0.15) is 0 Å². The van der Waals surface area contributed by atoms with Gasteiger partial charge in [-0.3, -0.25) is 4.79 Å². The van der Waals surface area contributed by atoms with E-state index < -0.39 is 0 Å². The third-order valence-electron chi connectivity index (χ3n) is 6.98. The SMILES string of the molecule is CC(=O)N[C@H]1C(C)(C)[C@@H]2C[C@@H]3[C@@H](c4ccccc4)OCC[C@@]31C2. The van der Waals surface area contributed by atoms with Crippen LogP contribution in [0.2, 0.25) is 0 Å². The summed E-state index contributed by atoms with van der Waals surface area (Å²) in [6.07, 6.45) is 3.72. The van der Waals surface area contributed by atoms with Crippen LogP contribution in [0.3, 0.4) is 0 Å². The fourth-order valence-corrected chi connectivity index (χ4v) is 5.96. The molecule has 0 radical (unpaired) electrons. The van der Waals surface area contributed by atoms with Gasteiger partial charge in [0.05, 0.1) is 6.10 Å². The van der Waals surface area contributed by atoms with Crippen LogP contribution in [0.5, 0.6) is 0 Å². The van der Waals surface area contributed by atoms with Gasteiger partial charge in [0.15, 0.2) is 0 Å². The van der Waals surface area contributed by atoms with Gasteiger partial charge in [0, 0.05) is 19.6 Å². The Morgan fingerprint density at radius 2 is 2.00 bits per heavy atom. The summed E-state index contributed by atoms with van der Waals surface area (Å²) in [5, 5.41) is 3.33. The molecule has 2 aliphatic carbocycles. The highest BCUT2D eigenvalue weighted by molar-refractivity contribution is 5.73. The van der Waals surface area contributed by atoms with Crippen molar-refractivity contribution in [2.24, 2.45) is 22.7 Å². The van der Waals surface area contributed by atoms with Gasteiger partial charge in [-0.1, -0.05) is 44.2 Å². The molecule has 0 unspecified atom stereocenters. The van der Waals surface area contributed by atoms with Gasteiger partial charge < -0.3 is 10.1 Å². The zero-order valence-corrected chi connectivity index (χ0v) is 14.3. The summed E-state index contributed by atoms with van der Waals surface area (Å²) in [7, 11) is 0. The van der Waals surface area contributed by atoms with Crippen LogP contribution < -0.4 is 5.32 Å². The maximum absolute atomic E-state index is 11.8. The standard InChI is InChI=1S/C20H27NO2/c1-13(22)21-18-19(2,3)15-11-16-17(14-7-5-4-6-8-14)23-10-9-20(16,18)12-15/h4-8,15-18H,9-12H2,1-3H3,(H,21,22)/t15-,16-,17-,18+,20-/m1/s1. The van der Waals surface area contributed by atoms with Gasteiger partial charge in [-0.25, -0.2) is 0 Å². The third kappa shape index (κ3) is 2.09. The Morgan fingerprint density at radius 3 is 2.70 bits per heavy atom. The smallest absolute Gasteiger partial charge is 0.217 e. The van der Waals surface area contributed by atoms with Crippen LogP contribution in [-0.4, -0.2) is 18.6 Å². The van der Waals surface area contributed by atoms with E-state index >= 15 is 0 Å². The Kier molecular flexibility index (Phi) is 3.35. The van der Waals surface area contributed by atoms with Gasteiger partial charge in [-0.05, 0) is 47.5 Å². The molecule has 1 aromatic rings. The first-order valence-corrected chi connectivity index (χ1v) is 8.89. The lowest BCUT2D eigenvalue weighted by molar-refractivity contribution is -0.135. The largest absolute Gasteiger partial charge is 0.373 e. The molecule has 3 heteroatoms. The Bertz CT molecular complexity index is 611. The predicted molar refractivity (Wildman–Crippen MR) is 89.8 cm³/mol. The summed E-state index contributed by atoms with van der Waals surface area (Å²) < 4.78 is 6.23. The zero-order chi connectivity index (χ0) is 16.2. The minimum absolute atomic E-state index is 0.103. The Hall–Kier alpha value is -1.35. The van der Waals surface area contributed by atoms with Crippen molar-refractivity contribution in [2.75, 3.05) is 6.61 Å². The molecule has 4 rings (SSSR count). The van der Waals surface area contributed by atoms with Crippen molar-refractivity contribution in [2.45, 2.75) is 52.2 Å². The van der Waals surface area contributed by atoms with E-state index in [4.69, 9.17) is 4.74 Å². The molecule has 1 amide bonds. The first kappa shape index (κ1) is 15.2. The highest BCUT2D eigenvalue weighted by Crippen LogP contribution is 2.70. The van der Waals surface area contributed by atoms with Crippen molar-refractivity contribution < 1.29 is 9.53 Å². The summed E-state index contributed by atoms with van der Waals surface area (Å²) in [5.74, 6) is 1.30. The molecule has 3 fully saturated rings. The van der Waals surface area contributed by atoms with E-state index in [1.807, 2.05) is 0 Å². The molecule has 2 saturated carbocycles. The average Bonchev–Trinajstić information content (AvgIpc) is 3.01. The lowest BCUT2D eigenvalue weighted by Crippen LogP contribution is -2.58. The average molecular weight is 313 g/mol. The van der Waals surface area contributed by atoms with E-state index in [0.29, 0.717) is 11.8 Å². The van der Waals surface area contributed by atoms with Gasteiger partial charge in [0.2, 0.25) is 5.91 Å². The molecule has 1 aromatic carbocycles. The molecule has 1 aliphatic heterocycles. The van der Waals surface area contributed by atoms with Crippen molar-refractivity contribution in [1.82, 2.24) is 5.32 Å². The quantitative estimate of drug-likeness (QED) is 0.904. The second kappa shape index (κ2) is 5.07. The molecule has 0 aromatic heterocycles. The first-order chi connectivity index (χ1) is 10.9. The van der Waals surface area contributed by atoms with Crippen molar-refractivity contribution in [3.8, 4) is 0 Å². The van der Waals surface area contributed by atoms with Crippen LogP contribution in [0.4, 0.5) is 0 Å². The van der Waals surface area contributed by atoms with E-state index in [-0.39, 0.29) is 28.9 Å². The number of fused-ring (bicyclic) bond motifs is 1. The van der Waals surface area contributed by atoms with Gasteiger partial charge in [-0.15, -0.1) is 0 Å². The summed E-state index contributed by atoms with van der Waals surface area (Å²) in [6.45, 7) is 7.14. The maximum Gasteiger partial charge on any atom is 0.217 e. The summed E-state index contributed by atoms with van der Waals surface area (Å²) >= 11 is 0. The number of carbonyl (C=O) groups is 1. The number of hydrogen-bond donors (Lipinski definition) is 1. The first-order valence-electron chi connectivity index (χ1n) is 8.89. The number of amides is 1. The monoisotopic (exact) mass is 313 g/mol. The van der Waals surface area contributed by atoms with Gasteiger partial charge >= 0.3 is 0 Å². The molecule has 23 heavy (non-hydrogen) atoms. The Labute approximate surface area is 138 Å². The minimum atomic E-state index is 0.103. The van der Waals surface area contributed by atoms with Crippen molar-refractivity contribution in [3.63, 3.8) is 0 Å². The van der Waals surface area contributed by atoms with Gasteiger partial charge in [0.1, 0.15) is 0 Å². The highest BCUT2D eigenvalue weighted by atomic mass is 16.5. The fourth-order valence-electron chi connectivity index (χ4n) is 5.96. The van der Waals surface area contributed by atoms with E-state index in [1.54, 1.807) is 6.92 Å². The van der Waals surface area contributed by atoms with Crippen LogP contribution in [0.25, 0.3) is 0 Å². The minimum Gasteiger partial charge on any atom is -0.373 e. The van der Waals surface area contributed by atoms with E-state index in [9.17, 15) is 4.79 Å². The van der Waals surface area contributed by atoms with E-state index in [1.165, 1.54) is 18.4 Å². The van der Waals surface area contributed by atoms with Crippen molar-refractivity contribution in [1.29, 1.82) is 0 Å². The molecule has 1 heterocycles. The molecule has 5 atom stereocenters. The van der Waals surface area contributed by atoms with Crippen molar-refractivity contribution in [3.05, 3.63) is 35.9 Å². The molecule has 124 valence electrons. The molecule has 1 spiro atoms. The summed E-state index contributed by atoms with van der Waals surface area (Å²) in [4.78, 5) is 11.8. The van der Waals surface area contributed by atoms with Gasteiger partial charge in [0.25, 0.3) is 0 Å². The lowest BCUT2D eigenvalue weighted by Gasteiger charge is -2.53. The number of benzene rings is 1. The molecule has 2 bridgehead atoms. The summed E-state index contributed by atoms with van der Waals surface area (Å²) in [5.41, 5.74) is 1.68. The van der Waals surface area contributed by atoms with Crippen LogP contribution in [-0.2, 0) is 9.53 Å². The van der Waals surface area contributed by atoms with Crippen molar-refractivity contribution >= 4 is 5.91 Å². The van der Waals surface area contributed by atoms with Crippen LogP contribution >= 0.6 is 0 Å². The Balaban J connectivity index is 1.72. The maximum atomic E-state index is 11.8. The molecular formula is C20H27NO2. The summed E-state index contributed by atoms with van der Waals surface area (Å²) in [6, 6.07) is 10.9. The predicted octanol–water partition coefficient (Wildman–Crippen LogP) is 3.71.